The first kappa shape index (κ1) is 12.9. The molecule has 0 aliphatic rings. The van der Waals surface area contributed by atoms with Crippen molar-refractivity contribution in [3.05, 3.63) is 11.6 Å². The third-order valence-electron chi connectivity index (χ3n) is 1.69. The Hall–Kier alpha value is -0.700. The summed E-state index contributed by atoms with van der Waals surface area (Å²) in [7, 11) is 0. The van der Waals surface area contributed by atoms with E-state index in [4.69, 9.17) is 0 Å². The van der Waals surface area contributed by atoms with E-state index in [2.05, 4.69) is 53.5 Å². The lowest BCUT2D eigenvalue weighted by molar-refractivity contribution is 0.487. The Kier molecular flexibility index (Phi) is 7.10. The molecule has 64 valence electrons. The number of terminal acetylenes is 1. The van der Waals surface area contributed by atoms with Gasteiger partial charge in [-0.05, 0) is 18.8 Å². The molecule has 0 atom stereocenters. The van der Waals surface area contributed by atoms with Gasteiger partial charge in [-0.1, -0.05) is 39.3 Å². The molecule has 0 aromatic heterocycles. The van der Waals surface area contributed by atoms with Gasteiger partial charge in [0.25, 0.3) is 0 Å². The van der Waals surface area contributed by atoms with Crippen LogP contribution in [0.3, 0.4) is 0 Å². The van der Waals surface area contributed by atoms with Crippen molar-refractivity contribution in [2.24, 2.45) is 5.41 Å². The van der Waals surface area contributed by atoms with Crippen molar-refractivity contribution in [3.8, 4) is 12.8 Å². The van der Waals surface area contributed by atoms with E-state index in [9.17, 15) is 0 Å². The second kappa shape index (κ2) is 6.04. The summed E-state index contributed by atoms with van der Waals surface area (Å²) in [6, 6.07) is 0. The van der Waals surface area contributed by atoms with Gasteiger partial charge in [0.05, 0.1) is 0 Å². The van der Waals surface area contributed by atoms with Crippen LogP contribution in [0.1, 0.15) is 41.0 Å². The predicted octanol–water partition coefficient (Wildman–Crippen LogP) is 3.64. The molecule has 0 saturated carbocycles. The summed E-state index contributed by atoms with van der Waals surface area (Å²) in [6.07, 6.45) is 11.4. The Bertz CT molecular complexity index is 130. The summed E-state index contributed by atoms with van der Waals surface area (Å²) in [6.45, 7) is 11.1. The first-order valence-electron chi connectivity index (χ1n) is 4.01. The number of allylic oxidation sites excluding steroid dienone is 2. The first-order chi connectivity index (χ1) is 5.02. The first-order valence-corrected chi connectivity index (χ1v) is 4.01. The SMILES string of the molecule is C#C.C/C=C(\CC)C(C)(C)C. The third kappa shape index (κ3) is 5.73. The Morgan fingerprint density at radius 2 is 1.64 bits per heavy atom. The van der Waals surface area contributed by atoms with Gasteiger partial charge in [0.15, 0.2) is 0 Å². The van der Waals surface area contributed by atoms with Crippen LogP contribution in [0, 0.1) is 18.3 Å². The predicted molar refractivity (Wildman–Crippen MR) is 53.4 cm³/mol. The number of hydrogen-bond acceptors (Lipinski definition) is 0. The van der Waals surface area contributed by atoms with Crippen LogP contribution in [-0.2, 0) is 0 Å². The van der Waals surface area contributed by atoms with Crippen LogP contribution in [0.2, 0.25) is 0 Å². The number of rotatable bonds is 1. The lowest BCUT2D eigenvalue weighted by atomic mass is 9.85. The van der Waals surface area contributed by atoms with Crippen LogP contribution in [0.15, 0.2) is 11.6 Å². The highest BCUT2D eigenvalue weighted by atomic mass is 14.2. The maximum Gasteiger partial charge on any atom is -0.0173 e. The van der Waals surface area contributed by atoms with Crippen molar-refractivity contribution >= 4 is 0 Å². The van der Waals surface area contributed by atoms with Gasteiger partial charge in [-0.15, -0.1) is 12.8 Å². The van der Waals surface area contributed by atoms with E-state index >= 15 is 0 Å². The fourth-order valence-electron chi connectivity index (χ4n) is 1.17. The van der Waals surface area contributed by atoms with Crippen molar-refractivity contribution in [1.29, 1.82) is 0 Å². The largest absolute Gasteiger partial charge is 0.124 e. The summed E-state index contributed by atoms with van der Waals surface area (Å²) in [5.41, 5.74) is 1.92. The van der Waals surface area contributed by atoms with Crippen LogP contribution < -0.4 is 0 Å². The molecule has 0 aliphatic heterocycles. The van der Waals surface area contributed by atoms with Gasteiger partial charge in [-0.3, -0.25) is 0 Å². The van der Waals surface area contributed by atoms with Gasteiger partial charge in [0, 0.05) is 0 Å². The normalized spacial score (nSPS) is 11.7. The quantitative estimate of drug-likeness (QED) is 0.397. The maximum atomic E-state index is 4.00. The van der Waals surface area contributed by atoms with Gasteiger partial charge in [0.1, 0.15) is 0 Å². The minimum absolute atomic E-state index is 0.378. The molecular weight excluding hydrogens is 132 g/mol. The Morgan fingerprint density at radius 1 is 1.27 bits per heavy atom. The second-order valence-corrected chi connectivity index (χ2v) is 3.42. The zero-order valence-corrected chi connectivity index (χ0v) is 8.44. The Labute approximate surface area is 71.7 Å². The van der Waals surface area contributed by atoms with Crippen LogP contribution in [-0.4, -0.2) is 0 Å². The molecule has 0 aromatic rings. The van der Waals surface area contributed by atoms with Crippen LogP contribution >= 0.6 is 0 Å². The van der Waals surface area contributed by atoms with Crippen LogP contribution in [0.4, 0.5) is 0 Å². The highest BCUT2D eigenvalue weighted by Crippen LogP contribution is 2.26. The third-order valence-corrected chi connectivity index (χ3v) is 1.69. The van der Waals surface area contributed by atoms with Crippen molar-refractivity contribution < 1.29 is 0 Å². The van der Waals surface area contributed by atoms with E-state index in [0.29, 0.717) is 5.41 Å². The van der Waals surface area contributed by atoms with Gasteiger partial charge < -0.3 is 0 Å². The molecular formula is C11H20. The van der Waals surface area contributed by atoms with E-state index in [1.807, 2.05) is 0 Å². The molecule has 0 heterocycles. The topological polar surface area (TPSA) is 0 Å². The summed E-state index contributed by atoms with van der Waals surface area (Å²) < 4.78 is 0. The van der Waals surface area contributed by atoms with Crippen LogP contribution in [0.5, 0.6) is 0 Å². The van der Waals surface area contributed by atoms with E-state index in [1.54, 1.807) is 5.57 Å². The molecule has 0 N–H and O–H groups in total. The highest BCUT2D eigenvalue weighted by Gasteiger charge is 2.12. The molecule has 0 saturated heterocycles. The molecule has 0 fully saturated rings. The highest BCUT2D eigenvalue weighted by molar-refractivity contribution is 5.08. The lowest BCUT2D eigenvalue weighted by Gasteiger charge is -2.21. The van der Waals surface area contributed by atoms with Crippen molar-refractivity contribution in [1.82, 2.24) is 0 Å². The molecule has 0 aromatic carbocycles. The molecule has 0 spiro atoms. The minimum atomic E-state index is 0.378. The lowest BCUT2D eigenvalue weighted by Crippen LogP contribution is -2.07. The number of hydrogen-bond donors (Lipinski definition) is 0. The molecule has 11 heavy (non-hydrogen) atoms. The standard InChI is InChI=1S/C9H18.C2H2/c1-6-8(7-2)9(3,4)5;1-2/h6H,7H2,1-5H3;1-2H/b8-6+;. The van der Waals surface area contributed by atoms with E-state index < -0.39 is 0 Å². The summed E-state index contributed by atoms with van der Waals surface area (Å²) in [5.74, 6) is 0. The zero-order valence-electron chi connectivity index (χ0n) is 8.44. The van der Waals surface area contributed by atoms with Crippen molar-refractivity contribution in [2.75, 3.05) is 0 Å². The minimum Gasteiger partial charge on any atom is -0.124 e. The molecule has 0 rings (SSSR count). The maximum absolute atomic E-state index is 4.00. The Balaban J connectivity index is 0. The second-order valence-electron chi connectivity index (χ2n) is 3.42. The van der Waals surface area contributed by atoms with E-state index in [1.165, 1.54) is 6.42 Å². The molecule has 0 bridgehead atoms. The fourth-order valence-corrected chi connectivity index (χ4v) is 1.17. The van der Waals surface area contributed by atoms with E-state index in [-0.39, 0.29) is 0 Å². The van der Waals surface area contributed by atoms with Gasteiger partial charge in [-0.2, -0.15) is 0 Å². The molecule has 0 unspecified atom stereocenters. The zero-order chi connectivity index (χ0) is 9.49. The van der Waals surface area contributed by atoms with E-state index in [0.717, 1.165) is 0 Å². The molecule has 0 nitrogen and oxygen atoms in total. The van der Waals surface area contributed by atoms with Gasteiger partial charge in [-0.25, -0.2) is 0 Å². The van der Waals surface area contributed by atoms with Gasteiger partial charge in [0.2, 0.25) is 0 Å². The molecule has 0 amide bonds. The van der Waals surface area contributed by atoms with Crippen molar-refractivity contribution in [2.45, 2.75) is 41.0 Å². The average molecular weight is 152 g/mol. The summed E-state index contributed by atoms with van der Waals surface area (Å²) >= 11 is 0. The molecule has 0 radical (unpaired) electrons. The summed E-state index contributed by atoms with van der Waals surface area (Å²) in [5, 5.41) is 0. The molecule has 0 heteroatoms. The summed E-state index contributed by atoms with van der Waals surface area (Å²) in [4.78, 5) is 0. The molecule has 0 aliphatic carbocycles. The van der Waals surface area contributed by atoms with Crippen LogP contribution in [0.25, 0.3) is 0 Å². The van der Waals surface area contributed by atoms with Crippen molar-refractivity contribution in [3.63, 3.8) is 0 Å². The Morgan fingerprint density at radius 3 is 1.64 bits per heavy atom. The monoisotopic (exact) mass is 152 g/mol. The smallest absolute Gasteiger partial charge is 0.0173 e. The van der Waals surface area contributed by atoms with Gasteiger partial charge >= 0.3 is 0 Å². The fraction of sp³-hybridized carbons (Fsp3) is 0.636. The average Bonchev–Trinajstić information content (AvgIpc) is 1.92.